The number of nitrogens with one attached hydrogen (secondary N) is 2. The maximum Gasteiger partial charge on any atom is 0.412 e. The maximum absolute atomic E-state index is 12.9. The molecule has 2 aliphatic rings. The Balaban J connectivity index is 1.29. The first-order valence-corrected chi connectivity index (χ1v) is 13.6. The van der Waals surface area contributed by atoms with E-state index < -0.39 is 23.6 Å². The summed E-state index contributed by atoms with van der Waals surface area (Å²) in [7, 11) is 0. The number of hydrogen-bond acceptors (Lipinski definition) is 6. The van der Waals surface area contributed by atoms with Crippen molar-refractivity contribution >= 4 is 17.7 Å². The Morgan fingerprint density at radius 1 is 1.02 bits per heavy atom. The molecular formula is C32H31N3O5. The van der Waals surface area contributed by atoms with Gasteiger partial charge in [-0.15, -0.1) is 0 Å². The number of aryl methyl sites for hydroxylation is 1. The molecule has 6 rings (SSSR count). The van der Waals surface area contributed by atoms with Crippen LogP contribution in [0.4, 0.5) is 10.5 Å². The van der Waals surface area contributed by atoms with Crippen molar-refractivity contribution in [2.45, 2.75) is 51.2 Å². The minimum atomic E-state index is -0.753. The molecule has 204 valence electrons. The highest BCUT2D eigenvalue weighted by Crippen LogP contribution is 2.49. The van der Waals surface area contributed by atoms with E-state index in [0.717, 1.165) is 51.9 Å². The summed E-state index contributed by atoms with van der Waals surface area (Å²) in [5.41, 5.74) is 7.37. The minimum Gasteiger partial charge on any atom is -0.481 e. The van der Waals surface area contributed by atoms with E-state index in [2.05, 4.69) is 21.9 Å². The van der Waals surface area contributed by atoms with Gasteiger partial charge in [0.05, 0.1) is 5.41 Å². The molecule has 2 heterocycles. The number of carbonyl (C=O) groups excluding carboxylic acids is 1. The number of aromatic nitrogens is 1. The van der Waals surface area contributed by atoms with Crippen molar-refractivity contribution in [1.82, 2.24) is 10.5 Å². The summed E-state index contributed by atoms with van der Waals surface area (Å²) in [5, 5.41) is 20.1. The Kier molecular flexibility index (Phi) is 6.64. The Labute approximate surface area is 232 Å². The molecule has 1 unspecified atom stereocenters. The van der Waals surface area contributed by atoms with Crippen LogP contribution in [0.5, 0.6) is 0 Å². The van der Waals surface area contributed by atoms with Crippen LogP contribution in [0.2, 0.25) is 0 Å². The highest BCUT2D eigenvalue weighted by molar-refractivity contribution is 5.92. The van der Waals surface area contributed by atoms with Crippen LogP contribution in [-0.2, 0) is 27.9 Å². The van der Waals surface area contributed by atoms with Crippen LogP contribution in [0.3, 0.4) is 0 Å². The first-order valence-electron chi connectivity index (χ1n) is 13.6. The summed E-state index contributed by atoms with van der Waals surface area (Å²) in [5.74, 6) is -0.254. The number of carboxylic acids is 1. The standard InChI is InChI=1S/C32H31N3O5/c1-19-28(34-31(38)39-20(2)21-6-4-3-5-7-21)29(40-35-19)26-13-12-24(27-18-33-17-14-25(26)27)22-8-10-23(11-9-22)32(15-16-32)30(36)37/h3-13,20,33H,14-18H2,1-2H3,(H,34,38)(H,36,37). The van der Waals surface area contributed by atoms with Crippen molar-refractivity contribution in [3.63, 3.8) is 0 Å². The van der Waals surface area contributed by atoms with Crippen molar-refractivity contribution in [2.75, 3.05) is 11.9 Å². The van der Waals surface area contributed by atoms with Gasteiger partial charge < -0.3 is 19.7 Å². The van der Waals surface area contributed by atoms with E-state index >= 15 is 0 Å². The number of amides is 1. The van der Waals surface area contributed by atoms with Gasteiger partial charge in [0.15, 0.2) is 5.76 Å². The number of ether oxygens (including phenoxy) is 1. The summed E-state index contributed by atoms with van der Waals surface area (Å²) in [6, 6.07) is 21.5. The van der Waals surface area contributed by atoms with Crippen molar-refractivity contribution in [3.8, 4) is 22.5 Å². The smallest absolute Gasteiger partial charge is 0.412 e. The van der Waals surface area contributed by atoms with Gasteiger partial charge in [-0.05, 0) is 73.0 Å². The van der Waals surface area contributed by atoms with Crippen LogP contribution >= 0.6 is 0 Å². The van der Waals surface area contributed by atoms with Gasteiger partial charge in [-0.1, -0.05) is 71.9 Å². The number of carbonyl (C=O) groups is 2. The van der Waals surface area contributed by atoms with Gasteiger partial charge in [0.1, 0.15) is 17.5 Å². The molecule has 1 amide bonds. The molecule has 40 heavy (non-hydrogen) atoms. The maximum atomic E-state index is 12.9. The van der Waals surface area contributed by atoms with Crippen molar-refractivity contribution in [2.24, 2.45) is 0 Å². The quantitative estimate of drug-likeness (QED) is 0.250. The number of hydrogen-bond donors (Lipinski definition) is 3. The van der Waals surface area contributed by atoms with E-state index in [1.165, 1.54) is 0 Å². The molecule has 3 aromatic carbocycles. The van der Waals surface area contributed by atoms with Crippen LogP contribution in [0, 0.1) is 6.92 Å². The number of anilines is 1. The number of nitrogens with zero attached hydrogens (tertiary/aromatic N) is 1. The van der Waals surface area contributed by atoms with E-state index in [-0.39, 0.29) is 0 Å². The second-order valence-corrected chi connectivity index (χ2v) is 10.6. The third kappa shape index (κ3) is 4.64. The molecule has 8 nitrogen and oxygen atoms in total. The topological polar surface area (TPSA) is 114 Å². The van der Waals surface area contributed by atoms with E-state index in [1.807, 2.05) is 67.6 Å². The zero-order chi connectivity index (χ0) is 27.9. The van der Waals surface area contributed by atoms with Gasteiger partial charge in [0.25, 0.3) is 0 Å². The molecule has 0 radical (unpaired) electrons. The molecule has 4 aromatic rings. The largest absolute Gasteiger partial charge is 0.481 e. The predicted molar refractivity (Wildman–Crippen MR) is 151 cm³/mol. The van der Waals surface area contributed by atoms with Gasteiger partial charge in [-0.3, -0.25) is 10.1 Å². The summed E-state index contributed by atoms with van der Waals surface area (Å²) in [6.07, 6.45) is 1.15. The average Bonchev–Trinajstić information content (AvgIpc) is 3.72. The lowest BCUT2D eigenvalue weighted by Gasteiger charge is -2.24. The van der Waals surface area contributed by atoms with Crippen LogP contribution in [0.15, 0.2) is 71.3 Å². The van der Waals surface area contributed by atoms with E-state index in [9.17, 15) is 14.7 Å². The Morgan fingerprint density at radius 3 is 2.45 bits per heavy atom. The molecule has 3 N–H and O–H groups in total. The van der Waals surface area contributed by atoms with Gasteiger partial charge in [-0.25, -0.2) is 4.79 Å². The molecule has 0 bridgehead atoms. The summed E-state index contributed by atoms with van der Waals surface area (Å²) >= 11 is 0. The number of fused-ring (bicyclic) bond motifs is 1. The van der Waals surface area contributed by atoms with Gasteiger partial charge in [0, 0.05) is 12.1 Å². The molecule has 1 atom stereocenters. The molecule has 0 saturated heterocycles. The van der Waals surface area contributed by atoms with Crippen molar-refractivity contribution < 1.29 is 24.0 Å². The fraction of sp³-hybridized carbons (Fsp3) is 0.281. The Morgan fingerprint density at radius 2 is 1.75 bits per heavy atom. The second-order valence-electron chi connectivity index (χ2n) is 10.6. The number of carboxylic acid groups (broad SMARTS) is 1. The lowest BCUT2D eigenvalue weighted by molar-refractivity contribution is -0.140. The third-order valence-electron chi connectivity index (χ3n) is 8.08. The molecule has 1 aromatic heterocycles. The first kappa shape index (κ1) is 25.8. The van der Waals surface area contributed by atoms with Crippen LogP contribution < -0.4 is 10.6 Å². The number of benzene rings is 3. The van der Waals surface area contributed by atoms with Crippen LogP contribution in [0.25, 0.3) is 22.5 Å². The highest BCUT2D eigenvalue weighted by atomic mass is 16.6. The zero-order valence-corrected chi connectivity index (χ0v) is 22.5. The SMILES string of the molecule is Cc1noc(-c2ccc(-c3ccc(C4(C(=O)O)CC4)cc3)c3c2CCNC3)c1NC(=O)OC(C)c1ccccc1. The molecule has 0 spiro atoms. The number of rotatable bonds is 7. The van der Waals surface area contributed by atoms with E-state index in [0.29, 0.717) is 36.5 Å². The fourth-order valence-corrected chi connectivity index (χ4v) is 5.60. The first-order chi connectivity index (χ1) is 19.4. The second kappa shape index (κ2) is 10.3. The lowest BCUT2D eigenvalue weighted by atomic mass is 9.86. The lowest BCUT2D eigenvalue weighted by Crippen LogP contribution is -2.25. The molecule has 1 aliphatic carbocycles. The monoisotopic (exact) mass is 537 g/mol. The molecular weight excluding hydrogens is 506 g/mol. The van der Waals surface area contributed by atoms with Crippen LogP contribution in [0.1, 0.15) is 53.8 Å². The normalized spacial score (nSPS) is 16.1. The van der Waals surface area contributed by atoms with Crippen molar-refractivity contribution in [3.05, 3.63) is 94.7 Å². The molecule has 8 heteroatoms. The summed E-state index contributed by atoms with van der Waals surface area (Å²) in [4.78, 5) is 24.6. The molecule has 1 fully saturated rings. The Bertz CT molecular complexity index is 1570. The van der Waals surface area contributed by atoms with Crippen LogP contribution in [-0.4, -0.2) is 28.9 Å². The third-order valence-corrected chi connectivity index (χ3v) is 8.08. The number of aliphatic carboxylic acids is 1. The average molecular weight is 538 g/mol. The summed E-state index contributed by atoms with van der Waals surface area (Å²) in [6.45, 7) is 5.12. The predicted octanol–water partition coefficient (Wildman–Crippen LogP) is 6.39. The summed E-state index contributed by atoms with van der Waals surface area (Å²) < 4.78 is 11.4. The van der Waals surface area contributed by atoms with Gasteiger partial charge in [-0.2, -0.15) is 0 Å². The Hall–Kier alpha value is -4.43. The van der Waals surface area contributed by atoms with Crippen molar-refractivity contribution in [1.29, 1.82) is 0 Å². The minimum absolute atomic E-state index is 0.417. The van der Waals surface area contributed by atoms with Gasteiger partial charge >= 0.3 is 12.1 Å². The fourth-order valence-electron chi connectivity index (χ4n) is 5.60. The highest BCUT2D eigenvalue weighted by Gasteiger charge is 2.51. The van der Waals surface area contributed by atoms with Gasteiger partial charge in [0.2, 0.25) is 0 Å². The zero-order valence-electron chi connectivity index (χ0n) is 22.5. The van der Waals surface area contributed by atoms with E-state index in [4.69, 9.17) is 9.26 Å². The molecule has 1 aliphatic heterocycles. The van der Waals surface area contributed by atoms with E-state index in [1.54, 1.807) is 6.92 Å². The molecule has 1 saturated carbocycles.